The number of methoxy groups -OCH3 is 1. The quantitative estimate of drug-likeness (QED) is 0.866. The van der Waals surface area contributed by atoms with Crippen molar-refractivity contribution in [3.8, 4) is 11.5 Å². The Labute approximate surface area is 153 Å². The molecule has 1 aromatic heterocycles. The van der Waals surface area contributed by atoms with Crippen molar-refractivity contribution in [3.63, 3.8) is 0 Å². The molecule has 0 radical (unpaired) electrons. The molecule has 0 aliphatic carbocycles. The van der Waals surface area contributed by atoms with E-state index in [4.69, 9.17) is 15.5 Å². The number of rotatable bonds is 4. The molecule has 7 heteroatoms. The van der Waals surface area contributed by atoms with Crippen molar-refractivity contribution >= 4 is 11.8 Å². The van der Waals surface area contributed by atoms with Gasteiger partial charge in [-0.15, -0.1) is 0 Å². The molecule has 26 heavy (non-hydrogen) atoms. The molecule has 2 aliphatic rings. The van der Waals surface area contributed by atoms with Crippen LogP contribution in [0, 0.1) is 0 Å². The van der Waals surface area contributed by atoms with Crippen LogP contribution >= 0.6 is 0 Å². The van der Waals surface area contributed by atoms with E-state index in [1.165, 1.54) is 12.8 Å². The topological polar surface area (TPSA) is 87.7 Å². The minimum Gasteiger partial charge on any atom is -0.507 e. The summed E-state index contributed by atoms with van der Waals surface area (Å²) in [6.07, 6.45) is 3.20. The molecule has 0 unspecified atom stereocenters. The monoisotopic (exact) mass is 355 g/mol. The molecule has 0 amide bonds. The van der Waals surface area contributed by atoms with Crippen LogP contribution in [0.1, 0.15) is 29.7 Å². The van der Waals surface area contributed by atoms with E-state index >= 15 is 0 Å². The molecule has 4 rings (SSSR count). The van der Waals surface area contributed by atoms with Gasteiger partial charge in [-0.2, -0.15) is 4.98 Å². The third-order valence-corrected chi connectivity index (χ3v) is 5.24. The standard InChI is InChI=1S/C19H25N5O2/c1-26-14-5-4-13(17(25)10-14)11-23-9-6-15-16(12-23)21-19(22-18(15)20)24-7-2-3-8-24/h4-5,10,25H,2-3,6-9,11-12H2,1H3,(H2,20,21,22). The molecule has 2 aliphatic heterocycles. The van der Waals surface area contributed by atoms with Crippen molar-refractivity contribution in [1.82, 2.24) is 14.9 Å². The van der Waals surface area contributed by atoms with Gasteiger partial charge in [-0.05, 0) is 25.3 Å². The van der Waals surface area contributed by atoms with Crippen LogP contribution in [0.25, 0.3) is 0 Å². The Hall–Kier alpha value is -2.54. The molecule has 2 aromatic rings. The highest BCUT2D eigenvalue weighted by Gasteiger charge is 2.24. The number of aromatic nitrogens is 2. The number of benzene rings is 1. The van der Waals surface area contributed by atoms with Gasteiger partial charge in [-0.3, -0.25) is 4.90 Å². The summed E-state index contributed by atoms with van der Waals surface area (Å²) in [6, 6.07) is 5.44. The first-order chi connectivity index (χ1) is 12.6. The fourth-order valence-corrected chi connectivity index (χ4v) is 3.74. The second-order valence-corrected chi connectivity index (χ2v) is 6.98. The summed E-state index contributed by atoms with van der Waals surface area (Å²) in [5.41, 5.74) is 9.18. The summed E-state index contributed by atoms with van der Waals surface area (Å²) in [7, 11) is 1.60. The number of fused-ring (bicyclic) bond motifs is 1. The number of hydrogen-bond donors (Lipinski definition) is 2. The van der Waals surface area contributed by atoms with Gasteiger partial charge in [-0.25, -0.2) is 4.98 Å². The molecule has 1 saturated heterocycles. The lowest BCUT2D eigenvalue weighted by molar-refractivity contribution is 0.238. The highest BCUT2D eigenvalue weighted by molar-refractivity contribution is 5.49. The summed E-state index contributed by atoms with van der Waals surface area (Å²) in [4.78, 5) is 13.8. The van der Waals surface area contributed by atoms with Gasteiger partial charge in [0.15, 0.2) is 0 Å². The zero-order valence-electron chi connectivity index (χ0n) is 15.1. The van der Waals surface area contributed by atoms with Crippen LogP contribution in [0.2, 0.25) is 0 Å². The predicted octanol–water partition coefficient (Wildman–Crippen LogP) is 1.93. The predicted molar refractivity (Wildman–Crippen MR) is 100 cm³/mol. The highest BCUT2D eigenvalue weighted by atomic mass is 16.5. The van der Waals surface area contributed by atoms with Gasteiger partial charge < -0.3 is 20.5 Å². The molecule has 0 bridgehead atoms. The Morgan fingerprint density at radius 3 is 2.73 bits per heavy atom. The lowest BCUT2D eigenvalue weighted by Gasteiger charge is -2.29. The first-order valence-electron chi connectivity index (χ1n) is 9.12. The molecular formula is C19H25N5O2. The molecule has 3 heterocycles. The van der Waals surface area contributed by atoms with Gasteiger partial charge in [0.05, 0.1) is 12.8 Å². The third kappa shape index (κ3) is 3.26. The Kier molecular flexibility index (Phi) is 4.55. The SMILES string of the molecule is COc1ccc(CN2CCc3c(N)nc(N4CCCC4)nc3C2)c(O)c1. The molecule has 0 spiro atoms. The van der Waals surface area contributed by atoms with Gasteiger partial charge in [0.25, 0.3) is 0 Å². The first-order valence-corrected chi connectivity index (χ1v) is 9.12. The van der Waals surface area contributed by atoms with E-state index in [-0.39, 0.29) is 5.75 Å². The molecule has 7 nitrogen and oxygen atoms in total. The van der Waals surface area contributed by atoms with Crippen molar-refractivity contribution < 1.29 is 9.84 Å². The van der Waals surface area contributed by atoms with Crippen molar-refractivity contribution in [2.45, 2.75) is 32.4 Å². The summed E-state index contributed by atoms with van der Waals surface area (Å²) >= 11 is 0. The van der Waals surface area contributed by atoms with E-state index in [0.29, 0.717) is 24.7 Å². The molecule has 1 aromatic carbocycles. The Balaban J connectivity index is 1.53. The fourth-order valence-electron chi connectivity index (χ4n) is 3.74. The van der Waals surface area contributed by atoms with E-state index in [2.05, 4.69) is 14.8 Å². The number of ether oxygens (including phenoxy) is 1. The second kappa shape index (κ2) is 6.99. The third-order valence-electron chi connectivity index (χ3n) is 5.24. The Bertz CT molecular complexity index is 805. The minimum absolute atomic E-state index is 0.259. The average molecular weight is 355 g/mol. The number of phenolic OH excluding ortho intramolecular Hbond substituents is 1. The largest absolute Gasteiger partial charge is 0.507 e. The number of aromatic hydroxyl groups is 1. The molecular weight excluding hydrogens is 330 g/mol. The van der Waals surface area contributed by atoms with E-state index in [1.807, 2.05) is 12.1 Å². The lowest BCUT2D eigenvalue weighted by atomic mass is 10.0. The Morgan fingerprint density at radius 2 is 2.00 bits per heavy atom. The average Bonchev–Trinajstić information content (AvgIpc) is 3.18. The summed E-state index contributed by atoms with van der Waals surface area (Å²) in [5.74, 6) is 2.29. The molecule has 3 N–H and O–H groups in total. The maximum atomic E-state index is 10.2. The van der Waals surface area contributed by atoms with Crippen LogP contribution in [0.4, 0.5) is 11.8 Å². The number of hydrogen-bond acceptors (Lipinski definition) is 7. The van der Waals surface area contributed by atoms with Gasteiger partial charge in [-0.1, -0.05) is 6.07 Å². The number of nitrogens with zero attached hydrogens (tertiary/aromatic N) is 4. The van der Waals surface area contributed by atoms with Crippen molar-refractivity contribution in [3.05, 3.63) is 35.0 Å². The van der Waals surface area contributed by atoms with E-state index in [1.54, 1.807) is 13.2 Å². The molecule has 0 atom stereocenters. The zero-order valence-corrected chi connectivity index (χ0v) is 15.1. The van der Waals surface area contributed by atoms with Crippen LogP contribution in [-0.4, -0.2) is 46.7 Å². The maximum absolute atomic E-state index is 10.2. The first kappa shape index (κ1) is 16.9. The molecule has 1 fully saturated rings. The van der Waals surface area contributed by atoms with Gasteiger partial charge in [0, 0.05) is 49.9 Å². The Morgan fingerprint density at radius 1 is 1.19 bits per heavy atom. The minimum atomic E-state index is 0.259. The number of nitrogen functional groups attached to an aromatic ring is 1. The van der Waals surface area contributed by atoms with Gasteiger partial charge in [0.1, 0.15) is 17.3 Å². The lowest BCUT2D eigenvalue weighted by Crippen LogP contribution is -2.32. The van der Waals surface area contributed by atoms with Crippen molar-refractivity contribution in [1.29, 1.82) is 0 Å². The number of anilines is 2. The van der Waals surface area contributed by atoms with Crippen LogP contribution in [0.5, 0.6) is 11.5 Å². The highest BCUT2D eigenvalue weighted by Crippen LogP contribution is 2.29. The van der Waals surface area contributed by atoms with E-state index in [9.17, 15) is 5.11 Å². The van der Waals surface area contributed by atoms with Crippen LogP contribution in [0.3, 0.4) is 0 Å². The van der Waals surface area contributed by atoms with Gasteiger partial charge in [0.2, 0.25) is 5.95 Å². The smallest absolute Gasteiger partial charge is 0.227 e. The normalized spacial score (nSPS) is 17.3. The maximum Gasteiger partial charge on any atom is 0.227 e. The van der Waals surface area contributed by atoms with Crippen molar-refractivity contribution in [2.24, 2.45) is 0 Å². The zero-order chi connectivity index (χ0) is 18.1. The summed E-state index contributed by atoms with van der Waals surface area (Å²) < 4.78 is 5.15. The van der Waals surface area contributed by atoms with Crippen LogP contribution < -0.4 is 15.4 Å². The van der Waals surface area contributed by atoms with E-state index in [0.717, 1.165) is 48.8 Å². The van der Waals surface area contributed by atoms with Gasteiger partial charge >= 0.3 is 0 Å². The summed E-state index contributed by atoms with van der Waals surface area (Å²) in [5, 5.41) is 10.2. The molecule has 0 saturated carbocycles. The number of phenols is 1. The molecule has 138 valence electrons. The summed E-state index contributed by atoms with van der Waals surface area (Å²) in [6.45, 7) is 4.25. The van der Waals surface area contributed by atoms with Crippen molar-refractivity contribution in [2.75, 3.05) is 37.4 Å². The fraction of sp³-hybridized carbons (Fsp3) is 0.474. The van der Waals surface area contributed by atoms with Crippen LogP contribution in [0.15, 0.2) is 18.2 Å². The number of nitrogens with two attached hydrogens (primary N) is 1. The second-order valence-electron chi connectivity index (χ2n) is 6.98. The van der Waals surface area contributed by atoms with E-state index < -0.39 is 0 Å². The van der Waals surface area contributed by atoms with Crippen LogP contribution in [-0.2, 0) is 19.5 Å².